The number of fused-ring (bicyclic) bond motifs is 1. The number of carboxylic acid groups (broad SMARTS) is 1. The summed E-state index contributed by atoms with van der Waals surface area (Å²) in [6.07, 6.45) is 1.45. The van der Waals surface area contributed by atoms with Gasteiger partial charge in [0.25, 0.3) is 0 Å². The van der Waals surface area contributed by atoms with E-state index in [-0.39, 0.29) is 12.1 Å². The molecule has 0 fully saturated rings. The Bertz CT molecular complexity index is 533. The third-order valence-corrected chi connectivity index (χ3v) is 2.22. The van der Waals surface area contributed by atoms with Crippen LogP contribution in [0.25, 0.3) is 5.65 Å². The number of nitrogens with zero attached hydrogens (tertiary/aromatic N) is 2. The van der Waals surface area contributed by atoms with Crippen molar-refractivity contribution in [2.45, 2.75) is 13.3 Å². The second-order valence-electron chi connectivity index (χ2n) is 3.26. The van der Waals surface area contributed by atoms with Gasteiger partial charge in [0.2, 0.25) is 0 Å². The molecule has 0 amide bonds. The highest BCUT2D eigenvalue weighted by Gasteiger charge is 2.13. The fraction of sp³-hybridized carbons (Fsp3) is 0.200. The number of aryl methyl sites for hydroxylation is 1. The summed E-state index contributed by atoms with van der Waals surface area (Å²) in [5, 5.41) is 8.70. The molecule has 1 N–H and O–H groups in total. The summed E-state index contributed by atoms with van der Waals surface area (Å²) in [6, 6.07) is 2.82. The number of imidazole rings is 1. The molecule has 0 bridgehead atoms. The Balaban J connectivity index is 2.68. The van der Waals surface area contributed by atoms with Crippen molar-refractivity contribution in [3.05, 3.63) is 35.5 Å². The molecular formula is C10H9FN2O2. The highest BCUT2D eigenvalue weighted by molar-refractivity contribution is 5.70. The van der Waals surface area contributed by atoms with Crippen molar-refractivity contribution in [1.82, 2.24) is 9.38 Å². The van der Waals surface area contributed by atoms with E-state index < -0.39 is 11.8 Å². The summed E-state index contributed by atoms with van der Waals surface area (Å²) in [5.74, 6) is -1.40. The number of pyridine rings is 1. The van der Waals surface area contributed by atoms with Gasteiger partial charge in [0.05, 0.1) is 17.8 Å². The Labute approximate surface area is 85.0 Å². The minimum Gasteiger partial charge on any atom is -0.481 e. The molecule has 0 spiro atoms. The van der Waals surface area contributed by atoms with E-state index in [0.29, 0.717) is 11.4 Å². The summed E-state index contributed by atoms with van der Waals surface area (Å²) in [4.78, 5) is 14.6. The first-order valence-corrected chi connectivity index (χ1v) is 4.43. The second-order valence-corrected chi connectivity index (χ2v) is 3.26. The molecule has 0 radical (unpaired) electrons. The Kier molecular flexibility index (Phi) is 2.15. The van der Waals surface area contributed by atoms with E-state index in [9.17, 15) is 9.18 Å². The predicted octanol–water partition coefficient (Wildman–Crippen LogP) is 1.41. The minimum atomic E-state index is -0.954. The van der Waals surface area contributed by atoms with Crippen molar-refractivity contribution in [2.24, 2.45) is 0 Å². The lowest BCUT2D eigenvalue weighted by Crippen LogP contribution is -2.04. The Morgan fingerprint density at radius 3 is 3.07 bits per heavy atom. The number of rotatable bonds is 2. The summed E-state index contributed by atoms with van der Waals surface area (Å²) < 4.78 is 14.8. The van der Waals surface area contributed by atoms with Crippen molar-refractivity contribution in [1.29, 1.82) is 0 Å². The standard InChI is InChI=1S/C10H9FN2O2/c1-6-8(5-9(14)15)13-4-2-3-7(11)10(13)12-6/h2-4H,5H2,1H3,(H,14,15). The van der Waals surface area contributed by atoms with Gasteiger partial charge in [-0.3, -0.25) is 4.79 Å². The van der Waals surface area contributed by atoms with Crippen molar-refractivity contribution in [3.63, 3.8) is 0 Å². The molecule has 78 valence electrons. The molecular weight excluding hydrogens is 199 g/mol. The third-order valence-electron chi connectivity index (χ3n) is 2.22. The molecule has 0 aromatic carbocycles. The van der Waals surface area contributed by atoms with Gasteiger partial charge in [-0.1, -0.05) is 0 Å². The quantitative estimate of drug-likeness (QED) is 0.811. The van der Waals surface area contributed by atoms with Crippen molar-refractivity contribution >= 4 is 11.6 Å². The molecule has 2 rings (SSSR count). The van der Waals surface area contributed by atoms with Crippen LogP contribution in [0.5, 0.6) is 0 Å². The number of aliphatic carboxylic acids is 1. The smallest absolute Gasteiger partial charge is 0.309 e. The normalized spacial score (nSPS) is 10.8. The van der Waals surface area contributed by atoms with Gasteiger partial charge in [-0.2, -0.15) is 0 Å². The summed E-state index contributed by atoms with van der Waals surface area (Å²) in [5.41, 5.74) is 1.23. The van der Waals surface area contributed by atoms with Gasteiger partial charge in [-0.15, -0.1) is 0 Å². The monoisotopic (exact) mass is 208 g/mol. The lowest BCUT2D eigenvalue weighted by Gasteiger charge is -1.99. The average Bonchev–Trinajstić information content (AvgIpc) is 2.45. The highest BCUT2D eigenvalue weighted by Crippen LogP contribution is 2.15. The molecule has 15 heavy (non-hydrogen) atoms. The maximum Gasteiger partial charge on any atom is 0.309 e. The molecule has 0 saturated heterocycles. The van der Waals surface area contributed by atoms with Gasteiger partial charge in [0.1, 0.15) is 0 Å². The van der Waals surface area contributed by atoms with Crippen LogP contribution in [0.3, 0.4) is 0 Å². The zero-order valence-corrected chi connectivity index (χ0v) is 8.07. The Morgan fingerprint density at radius 1 is 1.67 bits per heavy atom. The van der Waals surface area contributed by atoms with E-state index in [1.807, 2.05) is 0 Å². The van der Waals surface area contributed by atoms with Crippen LogP contribution < -0.4 is 0 Å². The maximum absolute atomic E-state index is 13.3. The number of carbonyl (C=O) groups is 1. The molecule has 0 saturated carbocycles. The molecule has 0 aliphatic heterocycles. The van der Waals surface area contributed by atoms with Crippen molar-refractivity contribution in [3.8, 4) is 0 Å². The molecule has 2 aromatic rings. The summed E-state index contributed by atoms with van der Waals surface area (Å²) in [6.45, 7) is 1.67. The summed E-state index contributed by atoms with van der Waals surface area (Å²) in [7, 11) is 0. The van der Waals surface area contributed by atoms with E-state index in [4.69, 9.17) is 5.11 Å². The first kappa shape index (κ1) is 9.64. The van der Waals surface area contributed by atoms with Crippen molar-refractivity contribution < 1.29 is 14.3 Å². The van der Waals surface area contributed by atoms with E-state index in [2.05, 4.69) is 4.98 Å². The van der Waals surface area contributed by atoms with Crippen LogP contribution in [0, 0.1) is 12.7 Å². The van der Waals surface area contributed by atoms with Crippen LogP contribution in [0.15, 0.2) is 18.3 Å². The van der Waals surface area contributed by atoms with Crippen LogP contribution in [-0.2, 0) is 11.2 Å². The molecule has 4 nitrogen and oxygen atoms in total. The SMILES string of the molecule is Cc1nc2c(F)cccn2c1CC(=O)O. The first-order valence-electron chi connectivity index (χ1n) is 4.43. The van der Waals surface area contributed by atoms with E-state index >= 15 is 0 Å². The first-order chi connectivity index (χ1) is 7.09. The van der Waals surface area contributed by atoms with Crippen LogP contribution >= 0.6 is 0 Å². The predicted molar refractivity (Wildman–Crippen MR) is 51.2 cm³/mol. The molecule has 0 unspecified atom stereocenters. The van der Waals surface area contributed by atoms with Gasteiger partial charge in [0, 0.05) is 6.20 Å². The van der Waals surface area contributed by atoms with E-state index in [0.717, 1.165) is 0 Å². The summed E-state index contributed by atoms with van der Waals surface area (Å²) >= 11 is 0. The average molecular weight is 208 g/mol. The molecule has 2 heterocycles. The van der Waals surface area contributed by atoms with Crippen LogP contribution in [0.2, 0.25) is 0 Å². The number of carboxylic acids is 1. The van der Waals surface area contributed by atoms with Gasteiger partial charge in [-0.05, 0) is 19.1 Å². The molecule has 0 atom stereocenters. The lowest BCUT2D eigenvalue weighted by atomic mass is 10.2. The maximum atomic E-state index is 13.3. The van der Waals surface area contributed by atoms with Gasteiger partial charge < -0.3 is 9.51 Å². The van der Waals surface area contributed by atoms with Gasteiger partial charge in [0.15, 0.2) is 11.5 Å². The zero-order valence-electron chi connectivity index (χ0n) is 8.07. The van der Waals surface area contributed by atoms with Gasteiger partial charge >= 0.3 is 5.97 Å². The van der Waals surface area contributed by atoms with E-state index in [1.54, 1.807) is 13.1 Å². The molecule has 0 aliphatic rings. The molecule has 5 heteroatoms. The minimum absolute atomic E-state index is 0.156. The number of hydrogen-bond acceptors (Lipinski definition) is 2. The molecule has 0 aliphatic carbocycles. The largest absolute Gasteiger partial charge is 0.481 e. The van der Waals surface area contributed by atoms with Crippen molar-refractivity contribution in [2.75, 3.05) is 0 Å². The van der Waals surface area contributed by atoms with Crippen LogP contribution in [-0.4, -0.2) is 20.5 Å². The fourth-order valence-corrected chi connectivity index (χ4v) is 1.55. The van der Waals surface area contributed by atoms with Crippen LogP contribution in [0.4, 0.5) is 4.39 Å². The number of aromatic nitrogens is 2. The van der Waals surface area contributed by atoms with Crippen LogP contribution in [0.1, 0.15) is 11.4 Å². The lowest BCUT2D eigenvalue weighted by molar-refractivity contribution is -0.136. The van der Waals surface area contributed by atoms with Gasteiger partial charge in [-0.25, -0.2) is 9.37 Å². The molecule has 2 aromatic heterocycles. The second kappa shape index (κ2) is 3.34. The Hall–Kier alpha value is -1.91. The fourth-order valence-electron chi connectivity index (χ4n) is 1.55. The topological polar surface area (TPSA) is 54.6 Å². The number of hydrogen-bond donors (Lipinski definition) is 1. The zero-order chi connectivity index (χ0) is 11.0. The number of halogens is 1. The third kappa shape index (κ3) is 1.56. The van der Waals surface area contributed by atoms with E-state index in [1.165, 1.54) is 16.5 Å². The Morgan fingerprint density at radius 2 is 2.40 bits per heavy atom. The highest BCUT2D eigenvalue weighted by atomic mass is 19.1.